The van der Waals surface area contributed by atoms with Crippen molar-refractivity contribution in [2.75, 3.05) is 0 Å². The van der Waals surface area contributed by atoms with Crippen molar-refractivity contribution in [1.82, 2.24) is 4.98 Å². The summed E-state index contributed by atoms with van der Waals surface area (Å²) >= 11 is 0. The second kappa shape index (κ2) is 5.31. The predicted molar refractivity (Wildman–Crippen MR) is 61.2 cm³/mol. The molecule has 0 aliphatic heterocycles. The van der Waals surface area contributed by atoms with Crippen LogP contribution in [-0.2, 0) is 11.2 Å². The maximum atomic E-state index is 10.7. The lowest BCUT2D eigenvalue weighted by molar-refractivity contribution is -0.408. The van der Waals surface area contributed by atoms with Crippen LogP contribution in [0.5, 0.6) is 0 Å². The van der Waals surface area contributed by atoms with E-state index in [1.165, 1.54) is 32.1 Å². The van der Waals surface area contributed by atoms with Gasteiger partial charge < -0.3 is 10.8 Å². The fourth-order valence-electron chi connectivity index (χ4n) is 2.48. The van der Waals surface area contributed by atoms with Crippen LogP contribution >= 0.6 is 0 Å². The zero-order valence-electron chi connectivity index (χ0n) is 10.0. The molecule has 5 nitrogen and oxygen atoms in total. The lowest BCUT2D eigenvalue weighted by Gasteiger charge is -2.16. The Morgan fingerprint density at radius 3 is 2.88 bits per heavy atom. The van der Waals surface area contributed by atoms with Gasteiger partial charge in [0.1, 0.15) is 11.9 Å². The summed E-state index contributed by atoms with van der Waals surface area (Å²) in [6.45, 7) is 0. The Kier molecular flexibility index (Phi) is 3.78. The van der Waals surface area contributed by atoms with Gasteiger partial charge >= 0.3 is 5.97 Å². The SMILES string of the molecule is [NH3+][C@@H](Cc1c[nH+]c(C2CCCCC2)[nH]1)C(=O)O. The molecule has 0 spiro atoms. The smallest absolute Gasteiger partial charge is 0.362 e. The molecule has 1 atom stereocenters. The van der Waals surface area contributed by atoms with Gasteiger partial charge in [-0.2, -0.15) is 0 Å². The number of quaternary nitrogens is 1. The molecule has 1 aliphatic rings. The van der Waals surface area contributed by atoms with Crippen LogP contribution in [0.15, 0.2) is 6.20 Å². The van der Waals surface area contributed by atoms with Crippen molar-refractivity contribution >= 4 is 5.97 Å². The molecule has 1 aromatic heterocycles. The van der Waals surface area contributed by atoms with Crippen LogP contribution in [0, 0.1) is 0 Å². The van der Waals surface area contributed by atoms with E-state index in [0.717, 1.165) is 11.5 Å². The van der Waals surface area contributed by atoms with Gasteiger partial charge in [-0.3, -0.25) is 0 Å². The lowest BCUT2D eigenvalue weighted by Crippen LogP contribution is -2.66. The first-order valence-electron chi connectivity index (χ1n) is 6.32. The van der Waals surface area contributed by atoms with E-state index in [-0.39, 0.29) is 0 Å². The Morgan fingerprint density at radius 2 is 2.24 bits per heavy atom. The molecule has 5 heteroatoms. The Bertz CT molecular complexity index is 383. The van der Waals surface area contributed by atoms with Crippen LogP contribution in [0.3, 0.4) is 0 Å². The minimum Gasteiger partial charge on any atom is -0.477 e. The van der Waals surface area contributed by atoms with Gasteiger partial charge in [-0.1, -0.05) is 19.3 Å². The third-order valence-electron chi connectivity index (χ3n) is 3.53. The summed E-state index contributed by atoms with van der Waals surface area (Å²) in [5.41, 5.74) is 4.56. The molecular formula is C12H21N3O2+2. The van der Waals surface area contributed by atoms with Crippen LogP contribution < -0.4 is 10.7 Å². The fraction of sp³-hybridized carbons (Fsp3) is 0.667. The minimum absolute atomic E-state index is 0.457. The Hall–Kier alpha value is -1.36. The standard InChI is InChI=1S/C12H19N3O2/c13-10(12(16)17)6-9-7-14-11(15-9)8-4-2-1-3-5-8/h7-8,10H,1-6,13H2,(H,14,15)(H,16,17)/p+2/t10-/m0/s1. The number of aliphatic carboxylic acids is 1. The number of carboxylic acids is 1. The normalized spacial score (nSPS) is 19.1. The highest BCUT2D eigenvalue weighted by atomic mass is 16.4. The average molecular weight is 239 g/mol. The molecule has 0 bridgehead atoms. The molecule has 17 heavy (non-hydrogen) atoms. The fourth-order valence-corrected chi connectivity index (χ4v) is 2.48. The Morgan fingerprint density at radius 1 is 1.53 bits per heavy atom. The van der Waals surface area contributed by atoms with E-state index in [4.69, 9.17) is 5.11 Å². The van der Waals surface area contributed by atoms with Gasteiger partial charge in [0, 0.05) is 0 Å². The summed E-state index contributed by atoms with van der Waals surface area (Å²) in [7, 11) is 0. The van der Waals surface area contributed by atoms with Gasteiger partial charge in [0.2, 0.25) is 0 Å². The van der Waals surface area contributed by atoms with Gasteiger partial charge in [-0.15, -0.1) is 0 Å². The molecule has 0 aromatic carbocycles. The number of rotatable bonds is 4. The first-order chi connectivity index (χ1) is 8.16. The van der Waals surface area contributed by atoms with Gasteiger partial charge in [-0.05, 0) is 12.8 Å². The number of hydrogen-bond acceptors (Lipinski definition) is 1. The third kappa shape index (κ3) is 3.06. The number of H-pyrrole nitrogens is 2. The summed E-state index contributed by atoms with van der Waals surface area (Å²) in [6, 6.07) is -0.582. The van der Waals surface area contributed by atoms with Gasteiger partial charge in [0.05, 0.1) is 12.3 Å². The highest BCUT2D eigenvalue weighted by molar-refractivity contribution is 5.71. The number of aromatic nitrogens is 2. The van der Waals surface area contributed by atoms with E-state index in [2.05, 4.69) is 15.7 Å². The Balaban J connectivity index is 1.97. The predicted octanol–water partition coefficient (Wildman–Crippen LogP) is 0.114. The number of carbonyl (C=O) groups is 1. The van der Waals surface area contributed by atoms with E-state index in [0.29, 0.717) is 12.3 Å². The number of imidazole rings is 1. The molecule has 6 N–H and O–H groups in total. The third-order valence-corrected chi connectivity index (χ3v) is 3.53. The van der Waals surface area contributed by atoms with Crippen LogP contribution in [0.1, 0.15) is 49.5 Å². The maximum absolute atomic E-state index is 10.7. The van der Waals surface area contributed by atoms with Crippen LogP contribution in [-0.4, -0.2) is 22.1 Å². The Labute approximate surface area is 100 Å². The average Bonchev–Trinajstić information content (AvgIpc) is 2.78. The molecule has 1 fully saturated rings. The quantitative estimate of drug-likeness (QED) is 0.695. The first-order valence-corrected chi connectivity index (χ1v) is 6.32. The van der Waals surface area contributed by atoms with Crippen LogP contribution in [0.4, 0.5) is 0 Å². The first kappa shape index (κ1) is 12.1. The second-order valence-corrected chi connectivity index (χ2v) is 4.93. The van der Waals surface area contributed by atoms with Crippen molar-refractivity contribution < 1.29 is 20.6 Å². The molecule has 1 saturated carbocycles. The topological polar surface area (TPSA) is 94.9 Å². The van der Waals surface area contributed by atoms with E-state index in [9.17, 15) is 4.79 Å². The zero-order valence-corrected chi connectivity index (χ0v) is 10.0. The van der Waals surface area contributed by atoms with E-state index in [1.54, 1.807) is 0 Å². The summed E-state index contributed by atoms with van der Waals surface area (Å²) in [5.74, 6) is 0.890. The summed E-state index contributed by atoms with van der Waals surface area (Å²) in [6.07, 6.45) is 8.71. The van der Waals surface area contributed by atoms with Crippen molar-refractivity contribution in [2.24, 2.45) is 0 Å². The van der Waals surface area contributed by atoms with Crippen LogP contribution in [0.25, 0.3) is 0 Å². The van der Waals surface area contributed by atoms with Crippen LogP contribution in [0.2, 0.25) is 0 Å². The van der Waals surface area contributed by atoms with Crippen molar-refractivity contribution in [3.63, 3.8) is 0 Å². The highest BCUT2D eigenvalue weighted by Crippen LogP contribution is 2.29. The van der Waals surface area contributed by atoms with E-state index >= 15 is 0 Å². The molecule has 1 aromatic rings. The second-order valence-electron chi connectivity index (χ2n) is 4.93. The van der Waals surface area contributed by atoms with Gasteiger partial charge in [-0.25, -0.2) is 14.8 Å². The molecule has 0 radical (unpaired) electrons. The van der Waals surface area contributed by atoms with Crippen molar-refractivity contribution in [3.05, 3.63) is 17.7 Å². The number of hydrogen-bond donors (Lipinski definition) is 3. The summed E-state index contributed by atoms with van der Waals surface area (Å²) in [5, 5.41) is 8.81. The minimum atomic E-state index is -0.848. The number of carboxylic acid groups (broad SMARTS) is 1. The number of aromatic amines is 2. The molecule has 2 rings (SSSR count). The molecule has 1 heterocycles. The molecule has 0 amide bonds. The summed E-state index contributed by atoms with van der Waals surface area (Å²) in [4.78, 5) is 17.3. The van der Waals surface area contributed by atoms with Crippen molar-refractivity contribution in [2.45, 2.75) is 50.5 Å². The van der Waals surface area contributed by atoms with E-state index in [1.807, 2.05) is 6.20 Å². The highest BCUT2D eigenvalue weighted by Gasteiger charge is 2.25. The van der Waals surface area contributed by atoms with Crippen molar-refractivity contribution in [3.8, 4) is 0 Å². The van der Waals surface area contributed by atoms with E-state index < -0.39 is 12.0 Å². The monoisotopic (exact) mass is 239 g/mol. The van der Waals surface area contributed by atoms with Gasteiger partial charge in [0.25, 0.3) is 5.82 Å². The maximum Gasteiger partial charge on any atom is 0.362 e. The summed E-state index contributed by atoms with van der Waals surface area (Å²) < 4.78 is 0. The lowest BCUT2D eigenvalue weighted by atomic mass is 9.89. The molecule has 94 valence electrons. The van der Waals surface area contributed by atoms with Crippen molar-refractivity contribution in [1.29, 1.82) is 0 Å². The molecule has 1 aliphatic carbocycles. The molecule has 0 unspecified atom stereocenters. The zero-order chi connectivity index (χ0) is 12.3. The largest absolute Gasteiger partial charge is 0.477 e. The molecular weight excluding hydrogens is 218 g/mol. The van der Waals surface area contributed by atoms with Gasteiger partial charge in [0.15, 0.2) is 6.04 Å². The molecule has 0 saturated heterocycles. The number of nitrogens with one attached hydrogen (secondary N) is 2.